The lowest BCUT2D eigenvalue weighted by Crippen LogP contribution is -2.33. The number of sulfonamides is 1. The van der Waals surface area contributed by atoms with Crippen molar-refractivity contribution < 1.29 is 27.4 Å². The quantitative estimate of drug-likeness (QED) is 0.672. The van der Waals surface area contributed by atoms with Crippen LogP contribution in [0.15, 0.2) is 42.5 Å². The number of carbonyl (C=O) groups is 1. The van der Waals surface area contributed by atoms with Crippen LogP contribution < -0.4 is 24.2 Å². The average Bonchev–Trinajstić information content (AvgIpc) is 2.66. The molecule has 0 saturated carbocycles. The molecule has 0 unspecified atom stereocenters. The van der Waals surface area contributed by atoms with E-state index in [0.29, 0.717) is 28.5 Å². The van der Waals surface area contributed by atoms with Gasteiger partial charge in [-0.3, -0.25) is 4.79 Å². The van der Waals surface area contributed by atoms with E-state index in [-0.39, 0.29) is 5.75 Å². The summed E-state index contributed by atoms with van der Waals surface area (Å²) in [4.78, 5) is 12.0. The molecule has 2 rings (SSSR count). The Labute approximate surface area is 158 Å². The second-order valence-electron chi connectivity index (χ2n) is 5.54. The number of nitrogens with one attached hydrogen (secondary N) is 2. The molecule has 0 heterocycles. The second-order valence-corrected chi connectivity index (χ2v) is 7.34. The second kappa shape index (κ2) is 9.24. The van der Waals surface area contributed by atoms with Crippen molar-refractivity contribution in [2.45, 2.75) is 5.75 Å². The van der Waals surface area contributed by atoms with Crippen LogP contribution in [-0.2, 0) is 20.6 Å². The Morgan fingerprint density at radius 3 is 2.33 bits per heavy atom. The molecule has 9 heteroatoms. The predicted octanol–water partition coefficient (Wildman–Crippen LogP) is 1.77. The number of ether oxygens (including phenoxy) is 3. The lowest BCUT2D eigenvalue weighted by molar-refractivity contribution is -0.115. The van der Waals surface area contributed by atoms with E-state index in [2.05, 4.69) is 10.0 Å². The van der Waals surface area contributed by atoms with Gasteiger partial charge in [0.05, 0.1) is 33.6 Å². The lowest BCUT2D eigenvalue weighted by Gasteiger charge is -2.12. The average molecular weight is 394 g/mol. The van der Waals surface area contributed by atoms with Gasteiger partial charge in [0.1, 0.15) is 17.2 Å². The first-order chi connectivity index (χ1) is 12.9. The molecule has 146 valence electrons. The van der Waals surface area contributed by atoms with E-state index >= 15 is 0 Å². The standard InChI is InChI=1S/C18H22N2O6S/c1-24-15-6-4-5-14(9-15)20-18(21)11-19-27(22,23)12-13-7-8-16(25-2)10-17(13)26-3/h4-10,19H,11-12H2,1-3H3,(H,20,21). The number of methoxy groups -OCH3 is 3. The summed E-state index contributed by atoms with van der Waals surface area (Å²) in [6.07, 6.45) is 0. The van der Waals surface area contributed by atoms with Gasteiger partial charge in [0, 0.05) is 23.4 Å². The fraction of sp³-hybridized carbons (Fsp3) is 0.278. The molecule has 2 N–H and O–H groups in total. The van der Waals surface area contributed by atoms with Crippen LogP contribution in [0.5, 0.6) is 17.2 Å². The summed E-state index contributed by atoms with van der Waals surface area (Å²) in [6.45, 7) is -0.391. The molecule has 0 radical (unpaired) electrons. The summed E-state index contributed by atoms with van der Waals surface area (Å²) in [5, 5.41) is 2.60. The Bertz CT molecular complexity index is 898. The van der Waals surface area contributed by atoms with Crippen molar-refractivity contribution in [1.29, 1.82) is 0 Å². The van der Waals surface area contributed by atoms with E-state index in [9.17, 15) is 13.2 Å². The van der Waals surface area contributed by atoms with Crippen LogP contribution in [0.2, 0.25) is 0 Å². The summed E-state index contributed by atoms with van der Waals surface area (Å²) in [6, 6.07) is 11.6. The molecule has 0 fully saturated rings. The van der Waals surface area contributed by atoms with Crippen molar-refractivity contribution in [3.8, 4) is 17.2 Å². The van der Waals surface area contributed by atoms with Gasteiger partial charge in [-0.05, 0) is 18.2 Å². The number of hydrogen-bond donors (Lipinski definition) is 2. The third-order valence-electron chi connectivity index (χ3n) is 3.65. The smallest absolute Gasteiger partial charge is 0.239 e. The van der Waals surface area contributed by atoms with Crippen molar-refractivity contribution in [3.63, 3.8) is 0 Å². The van der Waals surface area contributed by atoms with E-state index in [1.165, 1.54) is 21.3 Å². The maximum Gasteiger partial charge on any atom is 0.239 e. The van der Waals surface area contributed by atoms with Gasteiger partial charge in [0.2, 0.25) is 15.9 Å². The minimum Gasteiger partial charge on any atom is -0.497 e. The van der Waals surface area contributed by atoms with Gasteiger partial charge in [0.25, 0.3) is 0 Å². The summed E-state index contributed by atoms with van der Waals surface area (Å²) in [7, 11) is 0.725. The number of amides is 1. The number of carbonyl (C=O) groups excluding carboxylic acids is 1. The topological polar surface area (TPSA) is 103 Å². The van der Waals surface area contributed by atoms with Crippen LogP contribution in [-0.4, -0.2) is 42.2 Å². The Morgan fingerprint density at radius 1 is 0.963 bits per heavy atom. The highest BCUT2D eigenvalue weighted by Gasteiger charge is 2.17. The van der Waals surface area contributed by atoms with E-state index in [1.54, 1.807) is 42.5 Å². The molecule has 8 nitrogen and oxygen atoms in total. The van der Waals surface area contributed by atoms with Gasteiger partial charge in [-0.1, -0.05) is 12.1 Å². The van der Waals surface area contributed by atoms with Gasteiger partial charge >= 0.3 is 0 Å². The van der Waals surface area contributed by atoms with Crippen molar-refractivity contribution in [1.82, 2.24) is 4.72 Å². The highest BCUT2D eigenvalue weighted by atomic mass is 32.2. The Morgan fingerprint density at radius 2 is 1.67 bits per heavy atom. The van der Waals surface area contributed by atoms with Gasteiger partial charge in [-0.25, -0.2) is 13.1 Å². The molecule has 0 bridgehead atoms. The summed E-state index contributed by atoms with van der Waals surface area (Å²) in [5.41, 5.74) is 0.967. The van der Waals surface area contributed by atoms with E-state index in [4.69, 9.17) is 14.2 Å². The molecule has 0 aliphatic heterocycles. The maximum atomic E-state index is 12.3. The molecule has 0 saturated heterocycles. The fourth-order valence-electron chi connectivity index (χ4n) is 2.31. The summed E-state index contributed by atoms with van der Waals surface area (Å²) < 4.78 is 42.2. The lowest BCUT2D eigenvalue weighted by atomic mass is 10.2. The van der Waals surface area contributed by atoms with Crippen LogP contribution in [0, 0.1) is 0 Å². The van der Waals surface area contributed by atoms with E-state index in [1.807, 2.05) is 0 Å². The van der Waals surface area contributed by atoms with Crippen molar-refractivity contribution in [2.24, 2.45) is 0 Å². The number of anilines is 1. The first-order valence-corrected chi connectivity index (χ1v) is 9.64. The molecule has 0 aliphatic rings. The van der Waals surface area contributed by atoms with Crippen LogP contribution in [0.25, 0.3) is 0 Å². The zero-order valence-electron chi connectivity index (χ0n) is 15.3. The van der Waals surface area contributed by atoms with Crippen LogP contribution in [0.1, 0.15) is 5.56 Å². The van der Waals surface area contributed by atoms with Gasteiger partial charge < -0.3 is 19.5 Å². The van der Waals surface area contributed by atoms with Crippen LogP contribution >= 0.6 is 0 Å². The number of benzene rings is 2. The van der Waals surface area contributed by atoms with Crippen molar-refractivity contribution >= 4 is 21.6 Å². The maximum absolute atomic E-state index is 12.3. The Hall–Kier alpha value is -2.78. The predicted molar refractivity (Wildman–Crippen MR) is 102 cm³/mol. The van der Waals surface area contributed by atoms with Gasteiger partial charge in [0.15, 0.2) is 0 Å². The van der Waals surface area contributed by atoms with Crippen molar-refractivity contribution in [3.05, 3.63) is 48.0 Å². The van der Waals surface area contributed by atoms with Crippen LogP contribution in [0.3, 0.4) is 0 Å². The first kappa shape index (κ1) is 20.5. The molecule has 1 amide bonds. The van der Waals surface area contributed by atoms with Gasteiger partial charge in [-0.2, -0.15) is 0 Å². The summed E-state index contributed by atoms with van der Waals surface area (Å²) in [5.74, 6) is 0.708. The molecule has 0 aromatic heterocycles. The fourth-order valence-corrected chi connectivity index (χ4v) is 3.41. The Balaban J connectivity index is 1.97. The highest BCUT2D eigenvalue weighted by molar-refractivity contribution is 7.88. The van der Waals surface area contributed by atoms with Gasteiger partial charge in [-0.15, -0.1) is 0 Å². The summed E-state index contributed by atoms with van der Waals surface area (Å²) >= 11 is 0. The minimum absolute atomic E-state index is 0.327. The number of rotatable bonds is 9. The molecule has 27 heavy (non-hydrogen) atoms. The highest BCUT2D eigenvalue weighted by Crippen LogP contribution is 2.25. The largest absolute Gasteiger partial charge is 0.497 e. The zero-order chi connectivity index (χ0) is 19.9. The zero-order valence-corrected chi connectivity index (χ0v) is 16.1. The van der Waals surface area contributed by atoms with E-state index in [0.717, 1.165) is 0 Å². The number of hydrogen-bond acceptors (Lipinski definition) is 6. The molecular weight excluding hydrogens is 372 g/mol. The first-order valence-electron chi connectivity index (χ1n) is 7.99. The third kappa shape index (κ3) is 6.15. The van der Waals surface area contributed by atoms with E-state index < -0.39 is 22.5 Å². The van der Waals surface area contributed by atoms with Crippen molar-refractivity contribution in [2.75, 3.05) is 33.2 Å². The minimum atomic E-state index is -3.74. The molecule has 0 aliphatic carbocycles. The molecule has 0 atom stereocenters. The molecule has 2 aromatic carbocycles. The molecule has 2 aromatic rings. The monoisotopic (exact) mass is 394 g/mol. The molecular formula is C18H22N2O6S. The third-order valence-corrected chi connectivity index (χ3v) is 4.92. The SMILES string of the molecule is COc1cccc(NC(=O)CNS(=O)(=O)Cc2ccc(OC)cc2OC)c1. The Kier molecular flexibility index (Phi) is 7.03. The normalized spacial score (nSPS) is 10.9. The van der Waals surface area contributed by atoms with Crippen LogP contribution in [0.4, 0.5) is 5.69 Å². The molecule has 0 spiro atoms.